The molecule has 2 aromatic heterocycles. The van der Waals surface area contributed by atoms with Gasteiger partial charge in [-0.1, -0.05) is 146 Å². The van der Waals surface area contributed by atoms with Crippen LogP contribution in [0.2, 0.25) is 0 Å². The zero-order chi connectivity index (χ0) is 38.8. The molecule has 2 aliphatic rings. The summed E-state index contributed by atoms with van der Waals surface area (Å²) in [5, 5.41) is 19.0. The average molecular weight is 759 g/mol. The van der Waals surface area contributed by atoms with Crippen molar-refractivity contribution in [2.45, 2.75) is 0 Å². The molecule has 0 atom stereocenters. The molecular formula is C56H31BN2O. The van der Waals surface area contributed by atoms with Crippen LogP contribution in [-0.4, -0.2) is 11.3 Å². The molecule has 0 unspecified atom stereocenters. The lowest BCUT2D eigenvalue weighted by atomic mass is 9.35. The Kier molecular flexibility index (Phi) is 5.73. The van der Waals surface area contributed by atoms with Gasteiger partial charge in [0.05, 0.1) is 22.4 Å². The fourth-order valence-corrected chi connectivity index (χ4v) is 11.7. The number of benzene rings is 11. The molecule has 0 fully saturated rings. The molecule has 60 heavy (non-hydrogen) atoms. The van der Waals surface area contributed by atoms with Gasteiger partial charge in [-0.15, -0.1) is 0 Å². The lowest BCUT2D eigenvalue weighted by Gasteiger charge is -2.38. The van der Waals surface area contributed by atoms with Crippen molar-refractivity contribution in [1.29, 1.82) is 0 Å². The summed E-state index contributed by atoms with van der Waals surface area (Å²) < 4.78 is 9.94. The molecule has 4 heterocycles. The molecule has 0 saturated heterocycles. The molecule has 15 rings (SSSR count). The predicted octanol–water partition coefficient (Wildman–Crippen LogP) is 13.1. The number of anilines is 3. The molecule has 0 N–H and O–H groups in total. The lowest BCUT2D eigenvalue weighted by Crippen LogP contribution is -2.60. The number of nitrogens with zero attached hydrogens (tertiary/aromatic N) is 2. The summed E-state index contributed by atoms with van der Waals surface area (Å²) in [4.78, 5) is 2.46. The lowest BCUT2D eigenvalue weighted by molar-refractivity contribution is 0.651. The standard InChI is InChI=1S/C56H31BN2O/c1-2-15-32(16-3-1)58-46-26-14-27-47-51(46)57(56-55(58)43-25-12-13-28-48(43)60-56)52-49-39-23-10-8-19-35(39)34-18-5-7-22-38(34)44(49)31-45-42-30-29-41-37-21-6-4-17-33(37)36-20-9-11-24-40(36)50(41)53(42)59(47)54(45)52/h1-31H. The maximum Gasteiger partial charge on any atom is 0.297 e. The zero-order valence-electron chi connectivity index (χ0n) is 32.3. The molecule has 2 aliphatic heterocycles. The van der Waals surface area contributed by atoms with Crippen LogP contribution in [0, 0.1) is 0 Å². The van der Waals surface area contributed by atoms with Crippen LogP contribution in [-0.2, 0) is 0 Å². The molecular weight excluding hydrogens is 727 g/mol. The van der Waals surface area contributed by atoms with Gasteiger partial charge < -0.3 is 13.9 Å². The molecule has 0 bridgehead atoms. The van der Waals surface area contributed by atoms with E-state index in [1.165, 1.54) is 109 Å². The van der Waals surface area contributed by atoms with Crippen LogP contribution in [0.3, 0.4) is 0 Å². The van der Waals surface area contributed by atoms with Crippen molar-refractivity contribution in [1.82, 2.24) is 4.57 Å². The Labute approximate surface area is 344 Å². The summed E-state index contributed by atoms with van der Waals surface area (Å²) in [6, 6.07) is 69.7. The van der Waals surface area contributed by atoms with Crippen LogP contribution in [0.15, 0.2) is 192 Å². The molecule has 3 nitrogen and oxygen atoms in total. The second-order valence-corrected chi connectivity index (χ2v) is 16.6. The number of rotatable bonds is 1. The maximum atomic E-state index is 7.29. The Morgan fingerprint density at radius 2 is 0.867 bits per heavy atom. The van der Waals surface area contributed by atoms with Crippen molar-refractivity contribution < 1.29 is 4.42 Å². The Morgan fingerprint density at radius 1 is 0.350 bits per heavy atom. The first-order chi connectivity index (χ1) is 29.8. The Morgan fingerprint density at radius 3 is 1.55 bits per heavy atom. The van der Waals surface area contributed by atoms with E-state index in [-0.39, 0.29) is 6.71 Å². The largest absolute Gasteiger partial charge is 0.468 e. The Bertz CT molecular complexity index is 4050. The van der Waals surface area contributed by atoms with Crippen molar-refractivity contribution in [3.05, 3.63) is 188 Å². The third kappa shape index (κ3) is 3.66. The summed E-state index contributed by atoms with van der Waals surface area (Å²) >= 11 is 0. The third-order valence-electron chi connectivity index (χ3n) is 13.9. The summed E-state index contributed by atoms with van der Waals surface area (Å²) in [6.07, 6.45) is 0. The minimum Gasteiger partial charge on any atom is -0.468 e. The number of hydrogen-bond acceptors (Lipinski definition) is 2. The van der Waals surface area contributed by atoms with E-state index in [4.69, 9.17) is 4.42 Å². The van der Waals surface area contributed by atoms with Crippen LogP contribution in [0.4, 0.5) is 17.1 Å². The highest BCUT2D eigenvalue weighted by Crippen LogP contribution is 2.49. The summed E-state index contributed by atoms with van der Waals surface area (Å²) in [6.45, 7) is -0.171. The quantitative estimate of drug-likeness (QED) is 0.123. The molecule has 0 amide bonds. The topological polar surface area (TPSA) is 21.3 Å². The van der Waals surface area contributed by atoms with Crippen molar-refractivity contribution in [2.24, 2.45) is 0 Å². The number of hydrogen-bond donors (Lipinski definition) is 0. The van der Waals surface area contributed by atoms with Gasteiger partial charge in [0.25, 0.3) is 6.71 Å². The van der Waals surface area contributed by atoms with E-state index in [0.717, 1.165) is 28.0 Å². The van der Waals surface area contributed by atoms with Crippen LogP contribution in [0.5, 0.6) is 0 Å². The van der Waals surface area contributed by atoms with Gasteiger partial charge in [-0.05, 0) is 113 Å². The molecule has 0 spiro atoms. The highest BCUT2D eigenvalue weighted by molar-refractivity contribution is 7.01. The van der Waals surface area contributed by atoms with Crippen LogP contribution in [0.1, 0.15) is 0 Å². The van der Waals surface area contributed by atoms with Gasteiger partial charge in [0.2, 0.25) is 0 Å². The van der Waals surface area contributed by atoms with E-state index >= 15 is 0 Å². The van der Waals surface area contributed by atoms with E-state index in [0.29, 0.717) is 0 Å². The van der Waals surface area contributed by atoms with Crippen molar-refractivity contribution in [2.75, 3.05) is 4.90 Å². The highest BCUT2D eigenvalue weighted by atomic mass is 16.3. The molecule has 0 radical (unpaired) electrons. The number of para-hydroxylation sites is 2. The second kappa shape index (κ2) is 11.0. The van der Waals surface area contributed by atoms with Crippen molar-refractivity contribution >= 4 is 138 Å². The van der Waals surface area contributed by atoms with Crippen LogP contribution in [0.25, 0.3) is 103 Å². The minimum absolute atomic E-state index is 0.171. The van der Waals surface area contributed by atoms with E-state index in [2.05, 4.69) is 198 Å². The summed E-state index contributed by atoms with van der Waals surface area (Å²) in [5.41, 5.74) is 11.6. The smallest absolute Gasteiger partial charge is 0.297 e. The molecule has 274 valence electrons. The first-order valence-electron chi connectivity index (χ1n) is 20.9. The van der Waals surface area contributed by atoms with Gasteiger partial charge in [-0.3, -0.25) is 0 Å². The minimum atomic E-state index is -0.171. The first-order valence-corrected chi connectivity index (χ1v) is 20.9. The molecule has 13 aromatic rings. The molecule has 11 aromatic carbocycles. The van der Waals surface area contributed by atoms with Gasteiger partial charge in [0, 0.05) is 38.6 Å². The zero-order valence-corrected chi connectivity index (χ0v) is 32.3. The fourth-order valence-electron chi connectivity index (χ4n) is 11.7. The van der Waals surface area contributed by atoms with E-state index in [1.54, 1.807) is 0 Å². The Hall–Kier alpha value is -7.82. The van der Waals surface area contributed by atoms with Gasteiger partial charge in [0.15, 0.2) is 0 Å². The predicted molar refractivity (Wildman–Crippen MR) is 255 cm³/mol. The van der Waals surface area contributed by atoms with Crippen LogP contribution >= 0.6 is 0 Å². The summed E-state index contributed by atoms with van der Waals surface area (Å²) in [7, 11) is 0. The molecule has 4 heteroatoms. The van der Waals surface area contributed by atoms with Gasteiger partial charge in [-0.2, -0.15) is 0 Å². The number of fused-ring (bicyclic) bond motifs is 23. The van der Waals surface area contributed by atoms with Crippen molar-refractivity contribution in [3.8, 4) is 5.69 Å². The van der Waals surface area contributed by atoms with Crippen LogP contribution < -0.4 is 21.5 Å². The third-order valence-corrected chi connectivity index (χ3v) is 13.9. The maximum absolute atomic E-state index is 7.29. The summed E-state index contributed by atoms with van der Waals surface area (Å²) in [5.74, 6) is 0. The van der Waals surface area contributed by atoms with E-state index in [9.17, 15) is 0 Å². The van der Waals surface area contributed by atoms with Gasteiger partial charge in [-0.25, -0.2) is 0 Å². The van der Waals surface area contributed by atoms with Crippen molar-refractivity contribution in [3.63, 3.8) is 0 Å². The first kappa shape index (κ1) is 31.2. The molecule has 0 saturated carbocycles. The average Bonchev–Trinajstić information content (AvgIpc) is 3.87. The SMILES string of the molecule is c1ccc(N2c3cccc4c3B(c3oc5ccccc5c32)c2c3c5ccccc5c5ccccc5c3cc3c5ccc6c7ccccc7c7ccccc7c6c5n-4c23)cc1. The second-order valence-electron chi connectivity index (χ2n) is 16.6. The van der Waals surface area contributed by atoms with Gasteiger partial charge in [0.1, 0.15) is 5.58 Å². The number of aromatic nitrogens is 1. The monoisotopic (exact) mass is 758 g/mol. The van der Waals surface area contributed by atoms with Gasteiger partial charge >= 0.3 is 0 Å². The van der Waals surface area contributed by atoms with E-state index < -0.39 is 0 Å². The fraction of sp³-hybridized carbons (Fsp3) is 0. The van der Waals surface area contributed by atoms with E-state index in [1.807, 2.05) is 0 Å². The highest BCUT2D eigenvalue weighted by Gasteiger charge is 2.46. The molecule has 0 aliphatic carbocycles. The normalized spacial score (nSPS) is 13.3. The number of furan rings is 1. The Balaban J connectivity index is 1.26.